The van der Waals surface area contributed by atoms with Gasteiger partial charge in [-0.25, -0.2) is 4.79 Å². The summed E-state index contributed by atoms with van der Waals surface area (Å²) in [6.07, 6.45) is -0.762. The number of hydrogen-bond acceptors (Lipinski definition) is 5. The van der Waals surface area contributed by atoms with Crippen molar-refractivity contribution in [1.29, 1.82) is 5.26 Å². The van der Waals surface area contributed by atoms with Crippen molar-refractivity contribution < 1.29 is 19.1 Å². The first-order valence-electron chi connectivity index (χ1n) is 11.0. The molecule has 0 saturated heterocycles. The van der Waals surface area contributed by atoms with Gasteiger partial charge in [0.1, 0.15) is 24.2 Å². The molecule has 0 spiro atoms. The van der Waals surface area contributed by atoms with Crippen molar-refractivity contribution >= 4 is 23.6 Å². The summed E-state index contributed by atoms with van der Waals surface area (Å²) < 4.78 is 5.23. The molecule has 0 aliphatic rings. The normalized spacial score (nSPS) is 12.6. The smallest absolute Gasteiger partial charge is 0.408 e. The average molecular weight is 465 g/mol. The highest BCUT2D eigenvalue weighted by Crippen LogP contribution is 2.25. The highest BCUT2D eigenvalue weighted by Gasteiger charge is 2.34. The van der Waals surface area contributed by atoms with Crippen molar-refractivity contribution in [3.05, 3.63) is 65.2 Å². The molecule has 0 aromatic heterocycles. The van der Waals surface area contributed by atoms with Gasteiger partial charge >= 0.3 is 6.09 Å². The van der Waals surface area contributed by atoms with Gasteiger partial charge in [-0.05, 0) is 58.7 Å². The summed E-state index contributed by atoms with van der Waals surface area (Å²) in [5, 5.41) is 14.8. The van der Waals surface area contributed by atoms with Gasteiger partial charge in [0, 0.05) is 5.69 Å². The minimum absolute atomic E-state index is 0.348. The van der Waals surface area contributed by atoms with Crippen LogP contribution in [0.4, 0.5) is 10.5 Å². The maximum Gasteiger partial charge on any atom is 0.408 e. The van der Waals surface area contributed by atoms with Gasteiger partial charge in [-0.2, -0.15) is 5.26 Å². The van der Waals surface area contributed by atoms with Crippen LogP contribution in [0.3, 0.4) is 0 Å². The molecule has 2 atom stereocenters. The number of anilines is 1. The third kappa shape index (κ3) is 7.34. The zero-order chi connectivity index (χ0) is 25.5. The Morgan fingerprint density at radius 2 is 1.68 bits per heavy atom. The molecule has 2 unspecified atom stereocenters. The number of ether oxygens (including phenoxy) is 1. The number of carbonyl (C=O) groups is 3. The van der Waals surface area contributed by atoms with Gasteiger partial charge in [-0.1, -0.05) is 48.0 Å². The van der Waals surface area contributed by atoms with Crippen molar-refractivity contribution in [1.82, 2.24) is 10.2 Å². The maximum absolute atomic E-state index is 13.5. The summed E-state index contributed by atoms with van der Waals surface area (Å²) in [6.45, 7) is 10.1. The summed E-state index contributed by atoms with van der Waals surface area (Å²) in [5.74, 6) is -1.05. The minimum Gasteiger partial charge on any atom is -0.444 e. The van der Waals surface area contributed by atoms with Crippen LogP contribution in [0.2, 0.25) is 0 Å². The van der Waals surface area contributed by atoms with Gasteiger partial charge in [0.05, 0.1) is 6.07 Å². The Labute approximate surface area is 200 Å². The van der Waals surface area contributed by atoms with Crippen LogP contribution >= 0.6 is 0 Å². The SMILES string of the molecule is Cc1ccc(C(C(=O)Nc2ccccc2C)N(CC#N)C(=O)C(C)NC(=O)OC(C)(C)C)cc1. The molecular weight excluding hydrogens is 432 g/mol. The Bertz CT molecular complexity index is 1070. The van der Waals surface area contributed by atoms with Crippen molar-refractivity contribution in [3.63, 3.8) is 0 Å². The molecule has 2 aromatic carbocycles. The van der Waals surface area contributed by atoms with Crippen molar-refractivity contribution in [2.45, 2.75) is 59.2 Å². The predicted molar refractivity (Wildman–Crippen MR) is 130 cm³/mol. The molecule has 0 saturated carbocycles. The van der Waals surface area contributed by atoms with Crippen molar-refractivity contribution in [2.24, 2.45) is 0 Å². The second-order valence-electron chi connectivity index (χ2n) is 9.11. The second-order valence-corrected chi connectivity index (χ2v) is 9.11. The molecular formula is C26H32N4O4. The van der Waals surface area contributed by atoms with E-state index in [0.29, 0.717) is 11.3 Å². The Morgan fingerprint density at radius 1 is 1.06 bits per heavy atom. The van der Waals surface area contributed by atoms with E-state index in [-0.39, 0.29) is 6.54 Å². The first-order chi connectivity index (χ1) is 15.9. The first-order valence-corrected chi connectivity index (χ1v) is 11.0. The van der Waals surface area contributed by atoms with Crippen LogP contribution < -0.4 is 10.6 Å². The van der Waals surface area contributed by atoms with Crippen LogP contribution in [0.15, 0.2) is 48.5 Å². The molecule has 0 heterocycles. The number of benzene rings is 2. The monoisotopic (exact) mass is 464 g/mol. The molecule has 8 heteroatoms. The summed E-state index contributed by atoms with van der Waals surface area (Å²) in [6, 6.07) is 14.3. The van der Waals surface area contributed by atoms with Crippen LogP contribution in [0.25, 0.3) is 0 Å². The molecule has 0 radical (unpaired) electrons. The number of hydrogen-bond donors (Lipinski definition) is 2. The van der Waals surface area contributed by atoms with Crippen LogP contribution in [-0.4, -0.2) is 41.0 Å². The van der Waals surface area contributed by atoms with E-state index in [2.05, 4.69) is 10.6 Å². The van der Waals surface area contributed by atoms with Crippen LogP contribution in [0.1, 0.15) is 50.4 Å². The zero-order valence-electron chi connectivity index (χ0n) is 20.5. The van der Waals surface area contributed by atoms with Gasteiger partial charge in [0.2, 0.25) is 5.91 Å². The Hall–Kier alpha value is -3.86. The molecule has 34 heavy (non-hydrogen) atoms. The van der Waals surface area contributed by atoms with Gasteiger partial charge in [0.15, 0.2) is 0 Å². The van der Waals surface area contributed by atoms with Crippen LogP contribution in [0.5, 0.6) is 0 Å². The minimum atomic E-state index is -1.09. The number of amides is 3. The zero-order valence-corrected chi connectivity index (χ0v) is 20.5. The number of aryl methyl sites for hydroxylation is 2. The van der Waals surface area contributed by atoms with E-state index in [1.807, 2.05) is 44.2 Å². The number of nitriles is 1. The van der Waals surface area contributed by atoms with E-state index in [9.17, 15) is 19.6 Å². The summed E-state index contributed by atoms with van der Waals surface area (Å²) in [4.78, 5) is 40.2. The topological polar surface area (TPSA) is 112 Å². The van der Waals surface area contributed by atoms with Crippen LogP contribution in [-0.2, 0) is 14.3 Å². The Kier molecular flexibility index (Phi) is 8.79. The highest BCUT2D eigenvalue weighted by molar-refractivity contribution is 5.99. The van der Waals surface area contributed by atoms with E-state index in [0.717, 1.165) is 11.1 Å². The lowest BCUT2D eigenvalue weighted by molar-refractivity contribution is -0.139. The number of carbonyl (C=O) groups excluding carboxylic acids is 3. The third-order valence-corrected chi connectivity index (χ3v) is 4.98. The van der Waals surface area contributed by atoms with Crippen LogP contribution in [0, 0.1) is 25.2 Å². The predicted octanol–water partition coefficient (Wildman–Crippen LogP) is 4.25. The van der Waals surface area contributed by atoms with Gasteiger partial charge in [-0.15, -0.1) is 0 Å². The molecule has 2 rings (SSSR count). The molecule has 3 amide bonds. The maximum atomic E-state index is 13.5. The lowest BCUT2D eigenvalue weighted by Crippen LogP contribution is -2.51. The number of rotatable bonds is 7. The van der Waals surface area contributed by atoms with Gasteiger partial charge in [0.25, 0.3) is 5.91 Å². The van der Waals surface area contributed by atoms with E-state index < -0.39 is 35.6 Å². The average Bonchev–Trinajstić information content (AvgIpc) is 2.74. The molecule has 8 nitrogen and oxygen atoms in total. The molecule has 2 aromatic rings. The second kappa shape index (κ2) is 11.3. The summed E-state index contributed by atoms with van der Waals surface area (Å²) in [7, 11) is 0. The van der Waals surface area contributed by atoms with E-state index in [4.69, 9.17) is 4.74 Å². The fourth-order valence-electron chi connectivity index (χ4n) is 3.30. The molecule has 0 aliphatic carbocycles. The first kappa shape index (κ1) is 26.4. The van der Waals surface area contributed by atoms with E-state index in [1.165, 1.54) is 11.8 Å². The standard InChI is InChI=1S/C26H32N4O4/c1-17-11-13-20(14-12-17)22(23(31)29-21-10-8-7-9-18(21)2)30(16-15-27)24(32)19(3)28-25(33)34-26(4,5)6/h7-14,19,22H,16H2,1-6H3,(H,28,33)(H,29,31). The lowest BCUT2D eigenvalue weighted by Gasteiger charge is -2.32. The number of nitrogens with zero attached hydrogens (tertiary/aromatic N) is 2. The quantitative estimate of drug-likeness (QED) is 0.595. The third-order valence-electron chi connectivity index (χ3n) is 4.98. The highest BCUT2D eigenvalue weighted by atomic mass is 16.6. The Balaban J connectivity index is 2.39. The molecule has 0 fully saturated rings. The Morgan fingerprint density at radius 3 is 2.24 bits per heavy atom. The van der Waals surface area contributed by atoms with Crippen molar-refractivity contribution in [2.75, 3.05) is 11.9 Å². The number of nitrogens with one attached hydrogen (secondary N) is 2. The molecule has 0 aliphatic heterocycles. The summed E-state index contributed by atoms with van der Waals surface area (Å²) >= 11 is 0. The number of alkyl carbamates (subject to hydrolysis) is 1. The van der Waals surface area contributed by atoms with Gasteiger partial charge < -0.3 is 20.3 Å². The largest absolute Gasteiger partial charge is 0.444 e. The van der Waals surface area contributed by atoms with E-state index >= 15 is 0 Å². The fraction of sp³-hybridized carbons (Fsp3) is 0.385. The van der Waals surface area contributed by atoms with Crippen molar-refractivity contribution in [3.8, 4) is 6.07 Å². The fourth-order valence-corrected chi connectivity index (χ4v) is 3.30. The number of para-hydroxylation sites is 1. The molecule has 180 valence electrons. The lowest BCUT2D eigenvalue weighted by atomic mass is 10.0. The molecule has 2 N–H and O–H groups in total. The molecule has 0 bridgehead atoms. The van der Waals surface area contributed by atoms with Gasteiger partial charge in [-0.3, -0.25) is 9.59 Å². The summed E-state index contributed by atoms with van der Waals surface area (Å²) in [5.41, 5.74) is 2.26. The van der Waals surface area contributed by atoms with E-state index in [1.54, 1.807) is 45.0 Å².